The Labute approximate surface area is 163 Å². The molecule has 0 spiro atoms. The van der Waals surface area contributed by atoms with Crippen molar-refractivity contribution in [2.75, 3.05) is 20.6 Å². The number of carbonyl (C=O) groups is 1. The van der Waals surface area contributed by atoms with Gasteiger partial charge in [0, 0.05) is 24.8 Å². The molecular formula is C20H23FN6O. The van der Waals surface area contributed by atoms with Crippen molar-refractivity contribution >= 4 is 5.91 Å². The number of nitrogens with one attached hydrogen (secondary N) is 1. The van der Waals surface area contributed by atoms with Gasteiger partial charge in [-0.3, -0.25) is 14.5 Å². The molecule has 0 saturated carbocycles. The number of nitrogens with zero attached hydrogens (tertiary/aromatic N) is 5. The van der Waals surface area contributed by atoms with Crippen LogP contribution in [0.3, 0.4) is 0 Å². The van der Waals surface area contributed by atoms with Crippen molar-refractivity contribution in [1.82, 2.24) is 30.0 Å². The first-order valence-corrected chi connectivity index (χ1v) is 8.97. The quantitative estimate of drug-likeness (QED) is 0.678. The van der Waals surface area contributed by atoms with E-state index in [1.54, 1.807) is 29.1 Å². The molecule has 2 heterocycles. The Morgan fingerprint density at radius 3 is 2.68 bits per heavy atom. The summed E-state index contributed by atoms with van der Waals surface area (Å²) in [6, 6.07) is 8.44. The zero-order valence-corrected chi connectivity index (χ0v) is 16.2. The molecule has 28 heavy (non-hydrogen) atoms. The summed E-state index contributed by atoms with van der Waals surface area (Å²) in [6.07, 6.45) is 3.00. The van der Waals surface area contributed by atoms with Crippen LogP contribution >= 0.6 is 0 Å². The summed E-state index contributed by atoms with van der Waals surface area (Å²) in [7, 11) is 3.91. The molecule has 0 radical (unpaired) electrons. The molecule has 146 valence electrons. The van der Waals surface area contributed by atoms with Gasteiger partial charge >= 0.3 is 0 Å². The third-order valence-corrected chi connectivity index (χ3v) is 4.11. The molecule has 0 aliphatic carbocycles. The highest BCUT2D eigenvalue weighted by atomic mass is 19.1. The predicted octanol–water partition coefficient (Wildman–Crippen LogP) is 2.28. The summed E-state index contributed by atoms with van der Waals surface area (Å²) >= 11 is 0. The Morgan fingerprint density at radius 1 is 1.21 bits per heavy atom. The maximum Gasteiger partial charge on any atom is 0.271 e. The molecule has 0 fully saturated rings. The summed E-state index contributed by atoms with van der Waals surface area (Å²) in [5.41, 5.74) is 2.99. The Balaban J connectivity index is 1.72. The van der Waals surface area contributed by atoms with Crippen molar-refractivity contribution in [3.63, 3.8) is 0 Å². The molecule has 3 rings (SSSR count). The fourth-order valence-corrected chi connectivity index (χ4v) is 2.78. The van der Waals surface area contributed by atoms with E-state index in [2.05, 4.69) is 20.4 Å². The van der Waals surface area contributed by atoms with Gasteiger partial charge in [0.15, 0.2) is 0 Å². The fourth-order valence-electron chi connectivity index (χ4n) is 2.78. The van der Waals surface area contributed by atoms with Gasteiger partial charge in [-0.05, 0) is 39.2 Å². The monoisotopic (exact) mass is 382 g/mol. The van der Waals surface area contributed by atoms with E-state index in [-0.39, 0.29) is 17.4 Å². The highest BCUT2D eigenvalue weighted by molar-refractivity contribution is 5.91. The van der Waals surface area contributed by atoms with Crippen molar-refractivity contribution < 1.29 is 9.18 Å². The molecule has 0 unspecified atom stereocenters. The Kier molecular flexibility index (Phi) is 6.10. The molecule has 1 N–H and O–H groups in total. The van der Waals surface area contributed by atoms with E-state index < -0.39 is 0 Å². The molecule has 0 bridgehead atoms. The van der Waals surface area contributed by atoms with Gasteiger partial charge in [-0.1, -0.05) is 12.1 Å². The standard InChI is InChI=1S/C20H23FN6O/c1-14-11-24-19(12-23-14)20(28)22-8-9-27-15(13-26(2)3)10-18(25-27)16-6-4-5-7-17(16)21/h4-7,10-12H,8-9,13H2,1-3H3,(H,22,28). The van der Waals surface area contributed by atoms with Gasteiger partial charge in [0.05, 0.1) is 29.8 Å². The number of carbonyl (C=O) groups excluding carboxylic acids is 1. The lowest BCUT2D eigenvalue weighted by atomic mass is 10.1. The average Bonchev–Trinajstić information content (AvgIpc) is 3.04. The Bertz CT molecular complexity index is 952. The first kappa shape index (κ1) is 19.6. The zero-order chi connectivity index (χ0) is 20.1. The fraction of sp³-hybridized carbons (Fsp3) is 0.300. The number of aromatic nitrogens is 4. The van der Waals surface area contributed by atoms with Crippen molar-refractivity contribution in [1.29, 1.82) is 0 Å². The second-order valence-corrected chi connectivity index (χ2v) is 6.76. The van der Waals surface area contributed by atoms with Gasteiger partial charge in [0.1, 0.15) is 11.5 Å². The SMILES string of the molecule is Cc1cnc(C(=O)NCCn2nc(-c3ccccc3F)cc2CN(C)C)cn1. The van der Waals surface area contributed by atoms with Gasteiger partial charge < -0.3 is 10.2 Å². The van der Waals surface area contributed by atoms with Gasteiger partial charge in [0.25, 0.3) is 5.91 Å². The number of aryl methyl sites for hydroxylation is 1. The molecular weight excluding hydrogens is 359 g/mol. The molecule has 8 heteroatoms. The maximum atomic E-state index is 14.1. The topological polar surface area (TPSA) is 75.9 Å². The number of rotatable bonds is 7. The Hall–Kier alpha value is -3.13. The predicted molar refractivity (Wildman–Crippen MR) is 104 cm³/mol. The largest absolute Gasteiger partial charge is 0.349 e. The first-order chi connectivity index (χ1) is 13.4. The molecule has 7 nitrogen and oxygen atoms in total. The van der Waals surface area contributed by atoms with Crippen molar-refractivity contribution in [3.8, 4) is 11.3 Å². The van der Waals surface area contributed by atoms with Crippen LogP contribution in [-0.2, 0) is 13.1 Å². The van der Waals surface area contributed by atoms with E-state index >= 15 is 0 Å². The number of hydrogen-bond acceptors (Lipinski definition) is 5. The van der Waals surface area contributed by atoms with Gasteiger partial charge in [0.2, 0.25) is 0 Å². The molecule has 1 aromatic carbocycles. The van der Waals surface area contributed by atoms with E-state index in [0.29, 0.717) is 30.9 Å². The van der Waals surface area contributed by atoms with Crippen LogP contribution in [-0.4, -0.2) is 51.2 Å². The van der Waals surface area contributed by atoms with Crippen LogP contribution < -0.4 is 5.32 Å². The highest BCUT2D eigenvalue weighted by Crippen LogP contribution is 2.22. The Morgan fingerprint density at radius 2 is 2.00 bits per heavy atom. The van der Waals surface area contributed by atoms with Crippen molar-refractivity contribution in [2.24, 2.45) is 0 Å². The van der Waals surface area contributed by atoms with Gasteiger partial charge in [-0.15, -0.1) is 0 Å². The lowest BCUT2D eigenvalue weighted by molar-refractivity contribution is 0.0946. The van der Waals surface area contributed by atoms with Gasteiger partial charge in [-0.25, -0.2) is 9.37 Å². The molecule has 3 aromatic rings. The second kappa shape index (κ2) is 8.71. The minimum absolute atomic E-state index is 0.270. The van der Waals surface area contributed by atoms with Crippen LogP contribution in [0.2, 0.25) is 0 Å². The minimum Gasteiger partial charge on any atom is -0.349 e. The first-order valence-electron chi connectivity index (χ1n) is 8.97. The normalized spacial score (nSPS) is 11.0. The zero-order valence-electron chi connectivity index (χ0n) is 16.2. The number of benzene rings is 1. The number of amides is 1. The van der Waals surface area contributed by atoms with E-state index in [9.17, 15) is 9.18 Å². The minimum atomic E-state index is -0.310. The molecule has 0 aliphatic rings. The van der Waals surface area contributed by atoms with Crippen LogP contribution in [0.25, 0.3) is 11.3 Å². The summed E-state index contributed by atoms with van der Waals surface area (Å²) in [5, 5.41) is 7.36. The molecule has 0 saturated heterocycles. The van der Waals surface area contributed by atoms with Crippen LogP contribution in [0.1, 0.15) is 21.9 Å². The molecule has 1 amide bonds. The van der Waals surface area contributed by atoms with Crippen LogP contribution in [0.4, 0.5) is 4.39 Å². The van der Waals surface area contributed by atoms with E-state index in [1.165, 1.54) is 12.3 Å². The van der Waals surface area contributed by atoms with Crippen LogP contribution in [0, 0.1) is 12.7 Å². The highest BCUT2D eigenvalue weighted by Gasteiger charge is 2.14. The van der Waals surface area contributed by atoms with E-state index in [1.807, 2.05) is 32.0 Å². The lowest BCUT2D eigenvalue weighted by Crippen LogP contribution is -2.29. The van der Waals surface area contributed by atoms with E-state index in [4.69, 9.17) is 0 Å². The second-order valence-electron chi connectivity index (χ2n) is 6.76. The van der Waals surface area contributed by atoms with Crippen molar-refractivity contribution in [3.05, 3.63) is 65.6 Å². The summed E-state index contributed by atoms with van der Waals surface area (Å²) in [6.45, 7) is 3.29. The third kappa shape index (κ3) is 4.77. The van der Waals surface area contributed by atoms with Crippen LogP contribution in [0.15, 0.2) is 42.7 Å². The van der Waals surface area contributed by atoms with Gasteiger partial charge in [-0.2, -0.15) is 5.10 Å². The summed E-state index contributed by atoms with van der Waals surface area (Å²) < 4.78 is 15.9. The summed E-state index contributed by atoms with van der Waals surface area (Å²) in [4.78, 5) is 22.3. The number of hydrogen-bond donors (Lipinski definition) is 1. The molecule has 0 aliphatic heterocycles. The number of halogens is 1. The third-order valence-electron chi connectivity index (χ3n) is 4.11. The summed E-state index contributed by atoms with van der Waals surface area (Å²) in [5.74, 6) is -0.599. The van der Waals surface area contributed by atoms with Crippen molar-refractivity contribution in [2.45, 2.75) is 20.0 Å². The van der Waals surface area contributed by atoms with Crippen LogP contribution in [0.5, 0.6) is 0 Å². The maximum absolute atomic E-state index is 14.1. The van der Waals surface area contributed by atoms with E-state index in [0.717, 1.165) is 11.4 Å². The smallest absolute Gasteiger partial charge is 0.271 e. The average molecular weight is 382 g/mol. The molecule has 2 aromatic heterocycles. The molecule has 0 atom stereocenters. The lowest BCUT2D eigenvalue weighted by Gasteiger charge is -2.12.